The second kappa shape index (κ2) is 68.1. The molecule has 0 heterocycles. The molecule has 0 spiro atoms. The van der Waals surface area contributed by atoms with Crippen molar-refractivity contribution in [3.8, 4) is 0 Å². The summed E-state index contributed by atoms with van der Waals surface area (Å²) in [6, 6.07) is 0. The number of hydrogen-bond acceptors (Lipinski definition) is 9. The Kier molecular flexibility index (Phi) is 133. The zero-order valence-corrected chi connectivity index (χ0v) is 47.5. The molecule has 0 fully saturated rings. The van der Waals surface area contributed by atoms with Gasteiger partial charge in [-0.15, -0.1) is 26.3 Å². The minimum Gasteiger partial charge on any atom is -0.545 e. The third-order valence-corrected chi connectivity index (χ3v) is 23.3. The maximum atomic E-state index is 7.75. The Balaban J connectivity index is -0.0000000269. The van der Waals surface area contributed by atoms with E-state index < -0.39 is 50.9 Å². The molecule has 0 aromatic carbocycles. The Bertz CT molecular complexity index is 891. The van der Waals surface area contributed by atoms with E-state index >= 15 is 0 Å². The van der Waals surface area contributed by atoms with Gasteiger partial charge in [0.05, 0.1) is 0 Å². The van der Waals surface area contributed by atoms with Crippen LogP contribution in [0.3, 0.4) is 0 Å². The summed E-state index contributed by atoms with van der Waals surface area (Å²) >= 11 is 0. The molecule has 0 amide bonds. The summed E-state index contributed by atoms with van der Waals surface area (Å²) in [5, 5.41) is 0. The van der Waals surface area contributed by atoms with Gasteiger partial charge < -0.3 is 54.5 Å². The van der Waals surface area contributed by atoms with Crippen molar-refractivity contribution >= 4 is 71.2 Å². The summed E-state index contributed by atoms with van der Waals surface area (Å²) in [6.07, 6.45) is 0. The van der Waals surface area contributed by atoms with Gasteiger partial charge in [-0.2, -0.15) is 0 Å². The molecule has 0 saturated heterocycles. The molecule has 310 valence electrons. The van der Waals surface area contributed by atoms with Gasteiger partial charge in [0, 0.05) is 81.0 Å². The first kappa shape index (κ1) is 105. The first-order valence-electron chi connectivity index (χ1n) is 12.4. The van der Waals surface area contributed by atoms with Crippen LogP contribution in [-0.4, -0.2) is 85.5 Å². The van der Waals surface area contributed by atoms with Gasteiger partial charge in [0.25, 0.3) is 0 Å². The number of hydrogen-bond donors (Lipinski definition) is 0. The summed E-state index contributed by atoms with van der Waals surface area (Å²) in [7, 11) is -9.51. The largest absolute Gasteiger partial charge is 5.00 e. The zero-order valence-electron chi connectivity index (χ0n) is 33.7. The predicted octanol–water partition coefficient (Wildman–Crippen LogP) is 6.07. The van der Waals surface area contributed by atoms with Crippen LogP contribution in [0, 0.1) is 79.2 Å². The third-order valence-electron chi connectivity index (χ3n) is 4.12. The summed E-state index contributed by atoms with van der Waals surface area (Å²) in [6.45, 7) is 68.3. The van der Waals surface area contributed by atoms with E-state index in [1.165, 1.54) is 0 Å². The van der Waals surface area contributed by atoms with Crippen molar-refractivity contribution in [1.29, 1.82) is 0 Å². The predicted molar refractivity (Wildman–Crippen MR) is 205 cm³/mol. The van der Waals surface area contributed by atoms with Crippen LogP contribution in [0.4, 0.5) is 0 Å². The Morgan fingerprint density at radius 3 is 0.704 bits per heavy atom. The Hall–Kier alpha value is 0.407. The van der Waals surface area contributed by atoms with Crippen LogP contribution < -0.4 is 0 Å². The van der Waals surface area contributed by atoms with Gasteiger partial charge in [-0.1, -0.05) is 22.8 Å². The van der Waals surface area contributed by atoms with Crippen LogP contribution in [0.15, 0.2) is 49.1 Å². The van der Waals surface area contributed by atoms with E-state index in [-0.39, 0.29) is 98.7 Å². The van der Waals surface area contributed by atoms with Crippen molar-refractivity contribution in [2.45, 2.75) is 65.5 Å². The summed E-state index contributed by atoms with van der Waals surface area (Å²) in [4.78, 5) is 23.2. The second-order valence-electron chi connectivity index (χ2n) is 9.92. The van der Waals surface area contributed by atoms with E-state index in [1.54, 1.807) is 25.6 Å². The van der Waals surface area contributed by atoms with Crippen LogP contribution in [0.5, 0.6) is 0 Å². The molecule has 0 aliphatic carbocycles. The molecule has 4 unspecified atom stereocenters. The van der Waals surface area contributed by atoms with Gasteiger partial charge >= 0.3 is 108 Å². The van der Waals surface area contributed by atoms with Gasteiger partial charge in [-0.3, -0.25) is 20.4 Å². The quantitative estimate of drug-likeness (QED) is 0.0855. The second-order valence-corrected chi connectivity index (χ2v) is 32.2. The van der Waals surface area contributed by atoms with Crippen molar-refractivity contribution in [3.63, 3.8) is 0 Å². The molecule has 2 radical (unpaired) electrons. The molecule has 4 atom stereocenters. The first-order chi connectivity index (χ1) is 22.2. The van der Waals surface area contributed by atoms with E-state index in [9.17, 15) is 0 Å². The maximum Gasteiger partial charge on any atom is 5.00 e. The van der Waals surface area contributed by atoms with Gasteiger partial charge in [-0.25, -0.2) is 0 Å². The van der Waals surface area contributed by atoms with Crippen LogP contribution in [-0.2, 0) is 116 Å². The molecule has 14 nitrogen and oxygen atoms in total. The summed E-state index contributed by atoms with van der Waals surface area (Å²) < 4.78 is 72.9. The topological polar surface area (TPSA) is 206 Å². The third kappa shape index (κ3) is 77.0. The first-order valence-corrected chi connectivity index (χ1v) is 28.8. The molecular weight excluding hydrogens is 1150 g/mol. The molecule has 0 bridgehead atoms. The average Bonchev–Trinajstić information content (AvgIpc) is 3.10. The summed E-state index contributed by atoms with van der Waals surface area (Å²) in [5.74, 6) is 0. The standard InChI is InChI=1S/C13H30O4Si4.C7H18O2Si2.3CHO.5CO.2CH3.2Fe.U.V/c1-11-19(8,14-4)16-21(10,13-3)17-20(9,12-2)15-18(5,6)7;1-7-11(6,8-2)9-10(3,4)5;8*1-2;;;;;;/h11-13H,1-3H2,4-10H3;7H,1H2,2-6H3;3*1H;;;;;;2*1H3;;;;/q;;3*-1;;;;;;2*-1;;+5;;. The van der Waals surface area contributed by atoms with E-state index in [0.29, 0.717) is 0 Å². The molecule has 0 aromatic rings. The molecule has 0 rings (SSSR count). The SMILES string of the molecule is C=C[Si](C)(OC)O[Si](C)(C)C.C=C[Si](C)(OC)O[Si](C)(C=C)O[Si](C)(C=C)O[Si](C)(C)C.[C-]#[O+].[C-]#[O+].[C-]#[O+].[C-]#[O+].[C-]#[O+].[CH-]=O.[CH-]=O.[CH-]=O.[CH3-].[CH3-].[Fe+5].[Fe].[U].[V]. The van der Waals surface area contributed by atoms with E-state index in [0.717, 1.165) is 0 Å². The molecule has 0 aliphatic heterocycles. The molecule has 0 saturated carbocycles. The zero-order chi connectivity index (χ0) is 42.1. The minimum absolute atomic E-state index is 0. The van der Waals surface area contributed by atoms with Crippen LogP contribution in [0.2, 0.25) is 65.5 Å². The summed E-state index contributed by atoms with van der Waals surface area (Å²) in [5.41, 5.74) is 7.15. The Morgan fingerprint density at radius 2 is 0.574 bits per heavy atom. The minimum atomic E-state index is -2.64. The molecule has 0 aliphatic rings. The van der Waals surface area contributed by atoms with E-state index in [4.69, 9.17) is 63.0 Å². The van der Waals surface area contributed by atoms with Crippen molar-refractivity contribution in [1.82, 2.24) is 0 Å². The fraction of sp³-hybridized carbons (Fsp3) is 0.400. The molecule has 24 heteroatoms. The Morgan fingerprint density at radius 1 is 0.444 bits per heavy atom. The average molecular weight is 1210 g/mol. The van der Waals surface area contributed by atoms with E-state index in [2.05, 4.69) is 119 Å². The number of carbonyl (C=O) groups excluding carboxylic acids is 3. The van der Waals surface area contributed by atoms with Crippen molar-refractivity contribution in [3.05, 3.63) is 97.2 Å². The smallest absolute Gasteiger partial charge is 0.545 e. The van der Waals surface area contributed by atoms with E-state index in [1.807, 2.05) is 37.6 Å². The Labute approximate surface area is 391 Å². The number of rotatable bonds is 14. The van der Waals surface area contributed by atoms with Gasteiger partial charge in [-0.05, 0) is 65.5 Å². The van der Waals surface area contributed by atoms with Crippen molar-refractivity contribution in [2.75, 3.05) is 14.2 Å². The molecular formula is C30H57Fe2O14Si6UV. The fourth-order valence-electron chi connectivity index (χ4n) is 2.56. The van der Waals surface area contributed by atoms with Gasteiger partial charge in [0.15, 0.2) is 16.6 Å². The van der Waals surface area contributed by atoms with Gasteiger partial charge in [0.1, 0.15) is 0 Å². The van der Waals surface area contributed by atoms with Crippen LogP contribution in [0.1, 0.15) is 0 Å². The molecule has 54 heavy (non-hydrogen) atoms. The molecule has 0 N–H and O–H groups in total. The normalized spacial score (nSPS) is 12.0. The van der Waals surface area contributed by atoms with Crippen molar-refractivity contribution in [2.24, 2.45) is 0 Å². The van der Waals surface area contributed by atoms with Gasteiger partial charge in [0.2, 0.25) is 0 Å². The maximum absolute atomic E-state index is 7.75. The molecule has 0 aromatic heterocycles. The monoisotopic (exact) mass is 1210 g/mol. The fourth-order valence-corrected chi connectivity index (χ4v) is 22.8. The van der Waals surface area contributed by atoms with Crippen molar-refractivity contribution < 1.29 is 147 Å². The van der Waals surface area contributed by atoms with Crippen LogP contribution >= 0.6 is 0 Å². The van der Waals surface area contributed by atoms with Crippen LogP contribution in [0.25, 0.3) is 0 Å².